The van der Waals surface area contributed by atoms with E-state index in [0.717, 1.165) is 6.42 Å². The summed E-state index contributed by atoms with van der Waals surface area (Å²) in [6, 6.07) is 0.155. The topological polar surface area (TPSA) is 49.3 Å². The summed E-state index contributed by atoms with van der Waals surface area (Å²) in [7, 11) is 0. The predicted molar refractivity (Wildman–Crippen MR) is 39.6 cm³/mol. The third kappa shape index (κ3) is 3.45. The van der Waals surface area contributed by atoms with Gasteiger partial charge in [-0.1, -0.05) is 6.92 Å². The van der Waals surface area contributed by atoms with Gasteiger partial charge in [0.05, 0.1) is 0 Å². The standard InChI is InChI=1S/C7H15NO2/c1-4-5(2)8-7(10)6(3)9/h5-6,9H,4H2,1-3H3,(H,8,10). The van der Waals surface area contributed by atoms with Crippen molar-refractivity contribution < 1.29 is 9.90 Å². The second-order valence-electron chi connectivity index (χ2n) is 2.49. The number of rotatable bonds is 3. The molecule has 0 aliphatic heterocycles. The van der Waals surface area contributed by atoms with Gasteiger partial charge in [0.2, 0.25) is 5.91 Å². The number of hydrogen-bond acceptors (Lipinski definition) is 2. The minimum atomic E-state index is -0.894. The molecule has 10 heavy (non-hydrogen) atoms. The average molecular weight is 145 g/mol. The molecule has 2 atom stereocenters. The van der Waals surface area contributed by atoms with Gasteiger partial charge in [-0.25, -0.2) is 0 Å². The Balaban J connectivity index is 3.57. The van der Waals surface area contributed by atoms with E-state index in [1.165, 1.54) is 6.92 Å². The summed E-state index contributed by atoms with van der Waals surface area (Å²) in [5.41, 5.74) is 0. The molecule has 0 aliphatic rings. The highest BCUT2D eigenvalue weighted by Gasteiger charge is 2.09. The van der Waals surface area contributed by atoms with E-state index in [-0.39, 0.29) is 11.9 Å². The van der Waals surface area contributed by atoms with Crippen LogP contribution in [-0.2, 0) is 4.79 Å². The Morgan fingerprint density at radius 1 is 1.60 bits per heavy atom. The van der Waals surface area contributed by atoms with Crippen molar-refractivity contribution in [2.75, 3.05) is 0 Å². The van der Waals surface area contributed by atoms with Crippen LogP contribution in [0, 0.1) is 0 Å². The molecular formula is C7H15NO2. The van der Waals surface area contributed by atoms with Crippen molar-refractivity contribution in [3.63, 3.8) is 0 Å². The summed E-state index contributed by atoms with van der Waals surface area (Å²) >= 11 is 0. The zero-order valence-electron chi connectivity index (χ0n) is 6.72. The van der Waals surface area contributed by atoms with Gasteiger partial charge in [0.25, 0.3) is 0 Å². The van der Waals surface area contributed by atoms with Crippen LogP contribution in [0.3, 0.4) is 0 Å². The highest BCUT2D eigenvalue weighted by atomic mass is 16.3. The molecule has 0 rings (SSSR count). The molecule has 3 nitrogen and oxygen atoms in total. The zero-order chi connectivity index (χ0) is 8.15. The van der Waals surface area contributed by atoms with Crippen LogP contribution in [0.25, 0.3) is 0 Å². The van der Waals surface area contributed by atoms with Gasteiger partial charge >= 0.3 is 0 Å². The van der Waals surface area contributed by atoms with Gasteiger partial charge in [-0.3, -0.25) is 4.79 Å². The van der Waals surface area contributed by atoms with Crippen molar-refractivity contribution >= 4 is 5.91 Å². The molecular weight excluding hydrogens is 130 g/mol. The summed E-state index contributed by atoms with van der Waals surface area (Å²) in [6.07, 6.45) is -0.00708. The van der Waals surface area contributed by atoms with E-state index < -0.39 is 6.10 Å². The van der Waals surface area contributed by atoms with Gasteiger partial charge in [-0.2, -0.15) is 0 Å². The molecule has 0 saturated carbocycles. The lowest BCUT2D eigenvalue weighted by Gasteiger charge is -2.12. The van der Waals surface area contributed by atoms with Gasteiger partial charge in [0, 0.05) is 6.04 Å². The maximum atomic E-state index is 10.8. The smallest absolute Gasteiger partial charge is 0.248 e. The zero-order valence-corrected chi connectivity index (χ0v) is 6.72. The Hall–Kier alpha value is -0.570. The van der Waals surface area contributed by atoms with E-state index in [4.69, 9.17) is 5.11 Å². The molecule has 2 unspecified atom stereocenters. The lowest BCUT2D eigenvalue weighted by molar-refractivity contribution is -0.129. The molecule has 0 radical (unpaired) electrons. The fraction of sp³-hybridized carbons (Fsp3) is 0.857. The fourth-order valence-electron chi connectivity index (χ4n) is 0.466. The molecule has 0 aromatic rings. The first-order chi connectivity index (χ1) is 4.57. The normalized spacial score (nSPS) is 16.0. The molecule has 2 N–H and O–H groups in total. The molecule has 0 spiro atoms. The number of aliphatic hydroxyl groups excluding tert-OH is 1. The average Bonchev–Trinajstić information content (AvgIpc) is 1.87. The fourth-order valence-corrected chi connectivity index (χ4v) is 0.466. The molecule has 0 aromatic carbocycles. The largest absolute Gasteiger partial charge is 0.384 e. The van der Waals surface area contributed by atoms with Crippen LogP contribution >= 0.6 is 0 Å². The first-order valence-electron chi connectivity index (χ1n) is 3.56. The molecule has 0 fully saturated rings. The summed E-state index contributed by atoms with van der Waals surface area (Å²) in [4.78, 5) is 10.8. The number of amides is 1. The first kappa shape index (κ1) is 9.43. The summed E-state index contributed by atoms with van der Waals surface area (Å²) in [5, 5.41) is 11.4. The number of hydrogen-bond donors (Lipinski definition) is 2. The van der Waals surface area contributed by atoms with Crippen LogP contribution in [0.15, 0.2) is 0 Å². The van der Waals surface area contributed by atoms with Crippen molar-refractivity contribution in [2.45, 2.75) is 39.3 Å². The van der Waals surface area contributed by atoms with Crippen LogP contribution in [0.4, 0.5) is 0 Å². The quantitative estimate of drug-likeness (QED) is 0.599. The Kier molecular flexibility index (Phi) is 4.03. The van der Waals surface area contributed by atoms with Crippen molar-refractivity contribution in [2.24, 2.45) is 0 Å². The Labute approximate surface area is 61.4 Å². The molecule has 0 heterocycles. The van der Waals surface area contributed by atoms with Gasteiger partial charge in [-0.15, -0.1) is 0 Å². The molecule has 0 bridgehead atoms. The van der Waals surface area contributed by atoms with E-state index in [2.05, 4.69) is 5.32 Å². The maximum Gasteiger partial charge on any atom is 0.248 e. The second kappa shape index (κ2) is 4.28. The van der Waals surface area contributed by atoms with E-state index in [1.54, 1.807) is 0 Å². The van der Waals surface area contributed by atoms with Crippen LogP contribution in [0.2, 0.25) is 0 Å². The second-order valence-corrected chi connectivity index (χ2v) is 2.49. The third-order valence-electron chi connectivity index (χ3n) is 1.38. The maximum absolute atomic E-state index is 10.8. The minimum absolute atomic E-state index is 0.155. The Morgan fingerprint density at radius 3 is 2.40 bits per heavy atom. The molecule has 3 heteroatoms. The van der Waals surface area contributed by atoms with Crippen LogP contribution in [-0.4, -0.2) is 23.2 Å². The first-order valence-corrected chi connectivity index (χ1v) is 3.56. The minimum Gasteiger partial charge on any atom is -0.384 e. The Bertz CT molecular complexity index is 112. The van der Waals surface area contributed by atoms with Crippen molar-refractivity contribution in [1.82, 2.24) is 5.32 Å². The van der Waals surface area contributed by atoms with Gasteiger partial charge in [0.15, 0.2) is 0 Å². The molecule has 0 aromatic heterocycles. The van der Waals surface area contributed by atoms with Crippen LogP contribution < -0.4 is 5.32 Å². The van der Waals surface area contributed by atoms with Crippen molar-refractivity contribution in [3.05, 3.63) is 0 Å². The summed E-state index contributed by atoms with van der Waals surface area (Å²) in [6.45, 7) is 5.34. The molecule has 0 saturated heterocycles. The molecule has 60 valence electrons. The SMILES string of the molecule is CCC(C)NC(=O)C(C)O. The number of nitrogens with one attached hydrogen (secondary N) is 1. The summed E-state index contributed by atoms with van der Waals surface area (Å²) < 4.78 is 0. The van der Waals surface area contributed by atoms with Gasteiger partial charge in [-0.05, 0) is 20.3 Å². The number of carbonyl (C=O) groups is 1. The molecule has 0 aliphatic carbocycles. The number of carbonyl (C=O) groups excluding carboxylic acids is 1. The predicted octanol–water partition coefficient (Wildman–Crippen LogP) is 0.282. The highest BCUT2D eigenvalue weighted by Crippen LogP contribution is 1.89. The molecule has 1 amide bonds. The lowest BCUT2D eigenvalue weighted by atomic mass is 10.2. The number of aliphatic hydroxyl groups is 1. The monoisotopic (exact) mass is 145 g/mol. The van der Waals surface area contributed by atoms with E-state index in [0.29, 0.717) is 0 Å². The van der Waals surface area contributed by atoms with E-state index in [9.17, 15) is 4.79 Å². The van der Waals surface area contributed by atoms with Crippen molar-refractivity contribution in [1.29, 1.82) is 0 Å². The highest BCUT2D eigenvalue weighted by molar-refractivity contribution is 5.80. The van der Waals surface area contributed by atoms with E-state index in [1.807, 2.05) is 13.8 Å². The summed E-state index contributed by atoms with van der Waals surface area (Å²) in [5.74, 6) is -0.297. The van der Waals surface area contributed by atoms with Gasteiger partial charge < -0.3 is 10.4 Å². The van der Waals surface area contributed by atoms with Crippen LogP contribution in [0.1, 0.15) is 27.2 Å². The van der Waals surface area contributed by atoms with E-state index >= 15 is 0 Å². The van der Waals surface area contributed by atoms with Gasteiger partial charge in [0.1, 0.15) is 6.10 Å². The Morgan fingerprint density at radius 2 is 2.10 bits per heavy atom. The third-order valence-corrected chi connectivity index (χ3v) is 1.38. The lowest BCUT2D eigenvalue weighted by Crippen LogP contribution is -2.38. The van der Waals surface area contributed by atoms with Crippen molar-refractivity contribution in [3.8, 4) is 0 Å². The van der Waals surface area contributed by atoms with Crippen LogP contribution in [0.5, 0.6) is 0 Å².